The van der Waals surface area contributed by atoms with E-state index in [1.165, 1.54) is 0 Å². The van der Waals surface area contributed by atoms with Gasteiger partial charge in [0, 0.05) is 23.0 Å². The van der Waals surface area contributed by atoms with E-state index in [1.54, 1.807) is 16.8 Å². The third-order valence-corrected chi connectivity index (χ3v) is 6.25. The average Bonchev–Trinajstić information content (AvgIpc) is 3.42. The Morgan fingerprint density at radius 1 is 0.857 bits per heavy atom. The van der Waals surface area contributed by atoms with Crippen molar-refractivity contribution >= 4 is 41.4 Å². The number of fused-ring (bicyclic) bond motifs is 1. The number of aromatic nitrogens is 6. The molecule has 0 bridgehead atoms. The van der Waals surface area contributed by atoms with Gasteiger partial charge in [0.15, 0.2) is 5.82 Å². The van der Waals surface area contributed by atoms with Crippen LogP contribution in [0.3, 0.4) is 0 Å². The van der Waals surface area contributed by atoms with Gasteiger partial charge in [-0.05, 0) is 48.0 Å². The summed E-state index contributed by atoms with van der Waals surface area (Å²) >= 11 is 0. The van der Waals surface area contributed by atoms with Crippen LogP contribution in [0, 0.1) is 0 Å². The molecule has 0 aliphatic rings. The molecule has 0 aliphatic carbocycles. The van der Waals surface area contributed by atoms with Gasteiger partial charge < -0.3 is 15.8 Å². The van der Waals surface area contributed by atoms with Gasteiger partial charge in [-0.1, -0.05) is 66.7 Å². The van der Waals surface area contributed by atoms with E-state index in [2.05, 4.69) is 35.9 Å². The van der Waals surface area contributed by atoms with Gasteiger partial charge in [-0.15, -0.1) is 15.3 Å². The number of rotatable bonds is 8. The van der Waals surface area contributed by atoms with E-state index < -0.39 is 6.03 Å². The zero-order valence-electron chi connectivity index (χ0n) is 22.3. The highest BCUT2D eigenvalue weighted by atomic mass is 16.5. The van der Waals surface area contributed by atoms with Crippen LogP contribution in [0.2, 0.25) is 0 Å². The minimum atomic E-state index is -0.430. The Hall–Kier alpha value is -6.10. The SMILES string of the molecule is Nc1nc2nccc(C=Cc3ccc(OCc4ccccc4NC(=O)Nc4ccc(-c5ccccc5)nn4)cc3)n2n1. The summed E-state index contributed by atoms with van der Waals surface area (Å²) in [7, 11) is 0. The Labute approximate surface area is 240 Å². The summed E-state index contributed by atoms with van der Waals surface area (Å²) in [6, 6.07) is 29.7. The van der Waals surface area contributed by atoms with Crippen LogP contribution >= 0.6 is 0 Å². The maximum atomic E-state index is 12.7. The fraction of sp³-hybridized carbons (Fsp3) is 0.0323. The van der Waals surface area contributed by atoms with Gasteiger partial charge in [-0.3, -0.25) is 5.32 Å². The molecule has 0 spiro atoms. The van der Waals surface area contributed by atoms with Gasteiger partial charge in [-0.2, -0.15) is 9.50 Å². The number of urea groups is 1. The van der Waals surface area contributed by atoms with Crippen LogP contribution in [0.1, 0.15) is 16.8 Å². The Balaban J connectivity index is 1.05. The van der Waals surface area contributed by atoms with Gasteiger partial charge in [0.2, 0.25) is 5.95 Å². The van der Waals surface area contributed by atoms with Crippen molar-refractivity contribution in [3.8, 4) is 17.0 Å². The summed E-state index contributed by atoms with van der Waals surface area (Å²) in [4.78, 5) is 20.9. The number of anilines is 3. The highest BCUT2D eigenvalue weighted by molar-refractivity contribution is 5.99. The number of hydrogen-bond acceptors (Lipinski definition) is 8. The normalized spacial score (nSPS) is 11.0. The van der Waals surface area contributed by atoms with E-state index in [0.29, 0.717) is 23.0 Å². The van der Waals surface area contributed by atoms with Crippen LogP contribution in [0.25, 0.3) is 29.2 Å². The Morgan fingerprint density at radius 3 is 2.48 bits per heavy atom. The minimum Gasteiger partial charge on any atom is -0.489 e. The van der Waals surface area contributed by atoms with Gasteiger partial charge in [0.05, 0.1) is 11.4 Å². The molecule has 0 atom stereocenters. The van der Waals surface area contributed by atoms with Gasteiger partial charge in [0.1, 0.15) is 12.4 Å². The van der Waals surface area contributed by atoms with Crippen LogP contribution in [0.4, 0.5) is 22.2 Å². The van der Waals surface area contributed by atoms with E-state index in [0.717, 1.165) is 28.1 Å². The van der Waals surface area contributed by atoms with E-state index >= 15 is 0 Å². The molecule has 3 aromatic carbocycles. The summed E-state index contributed by atoms with van der Waals surface area (Å²) in [5.74, 6) is 1.64. The fourth-order valence-corrected chi connectivity index (χ4v) is 4.17. The minimum absolute atomic E-state index is 0.172. The number of hydrogen-bond donors (Lipinski definition) is 3. The number of nitrogens with two attached hydrogens (primary N) is 1. The predicted octanol–water partition coefficient (Wildman–Crippen LogP) is 5.56. The molecule has 11 heteroatoms. The predicted molar refractivity (Wildman–Crippen MR) is 161 cm³/mol. The lowest BCUT2D eigenvalue weighted by atomic mass is 10.1. The van der Waals surface area contributed by atoms with Crippen molar-refractivity contribution in [2.75, 3.05) is 16.4 Å². The summed E-state index contributed by atoms with van der Waals surface area (Å²) in [5, 5.41) is 18.1. The lowest BCUT2D eigenvalue weighted by Gasteiger charge is -2.13. The zero-order chi connectivity index (χ0) is 28.7. The molecule has 6 rings (SSSR count). The first kappa shape index (κ1) is 26.1. The first-order chi connectivity index (χ1) is 20.6. The third kappa shape index (κ3) is 6.20. The molecular formula is C31H25N9O2. The molecule has 2 amide bonds. The topological polar surface area (TPSA) is 145 Å². The van der Waals surface area contributed by atoms with Gasteiger partial charge >= 0.3 is 6.03 Å². The molecule has 0 aliphatic heterocycles. The molecule has 11 nitrogen and oxygen atoms in total. The van der Waals surface area contributed by atoms with Gasteiger partial charge in [0.25, 0.3) is 5.78 Å². The first-order valence-electron chi connectivity index (χ1n) is 13.0. The number of carbonyl (C=O) groups excluding carboxylic acids is 1. The van der Waals surface area contributed by atoms with Crippen molar-refractivity contribution in [3.63, 3.8) is 0 Å². The maximum absolute atomic E-state index is 12.7. The molecule has 206 valence electrons. The zero-order valence-corrected chi connectivity index (χ0v) is 22.3. The lowest BCUT2D eigenvalue weighted by molar-refractivity contribution is 0.262. The maximum Gasteiger partial charge on any atom is 0.324 e. The number of nitrogens with one attached hydrogen (secondary N) is 2. The quantitative estimate of drug-likeness (QED) is 0.221. The molecule has 6 aromatic rings. The molecule has 4 N–H and O–H groups in total. The van der Waals surface area contributed by atoms with Crippen LogP contribution in [0.15, 0.2) is 103 Å². The smallest absolute Gasteiger partial charge is 0.324 e. The second kappa shape index (κ2) is 12.0. The van der Waals surface area contributed by atoms with Crippen molar-refractivity contribution in [2.24, 2.45) is 0 Å². The molecule has 0 fully saturated rings. The molecular weight excluding hydrogens is 530 g/mol. The number of amides is 2. The van der Waals surface area contributed by atoms with E-state index in [1.807, 2.05) is 103 Å². The van der Waals surface area contributed by atoms with Crippen molar-refractivity contribution in [3.05, 3.63) is 120 Å². The number of ether oxygens (including phenoxy) is 1. The second-order valence-electron chi connectivity index (χ2n) is 9.15. The van der Waals surface area contributed by atoms with Crippen LogP contribution in [-0.4, -0.2) is 35.8 Å². The van der Waals surface area contributed by atoms with Crippen molar-refractivity contribution in [1.82, 2.24) is 29.8 Å². The van der Waals surface area contributed by atoms with Crippen molar-refractivity contribution in [1.29, 1.82) is 0 Å². The van der Waals surface area contributed by atoms with Crippen LogP contribution < -0.4 is 21.1 Å². The van der Waals surface area contributed by atoms with Crippen LogP contribution in [-0.2, 0) is 6.61 Å². The Kier molecular flexibility index (Phi) is 7.45. The number of nitrogens with zero attached hydrogens (tertiary/aromatic N) is 6. The van der Waals surface area contributed by atoms with Crippen molar-refractivity contribution in [2.45, 2.75) is 6.61 Å². The first-order valence-corrected chi connectivity index (χ1v) is 13.0. The summed E-state index contributed by atoms with van der Waals surface area (Å²) < 4.78 is 7.59. The Morgan fingerprint density at radius 2 is 1.67 bits per heavy atom. The second-order valence-corrected chi connectivity index (χ2v) is 9.15. The van der Waals surface area contributed by atoms with E-state index in [4.69, 9.17) is 10.5 Å². The van der Waals surface area contributed by atoms with E-state index in [-0.39, 0.29) is 12.6 Å². The molecule has 0 saturated carbocycles. The fourth-order valence-electron chi connectivity index (χ4n) is 4.17. The number of benzene rings is 3. The summed E-state index contributed by atoms with van der Waals surface area (Å²) in [5.41, 5.74) is 10.6. The lowest BCUT2D eigenvalue weighted by Crippen LogP contribution is -2.21. The molecule has 0 saturated heterocycles. The standard InChI is InChI=1S/C31H25N9O2/c32-29-36-30-33-19-18-24(40(30)39-29)13-10-21-11-14-25(15-12-21)42-20-23-8-4-5-9-26(23)34-31(41)35-28-17-16-27(37-38-28)22-6-2-1-3-7-22/h1-19H,20H2,(H2,32,39)(H2,34,35,38,41). The molecule has 3 heterocycles. The van der Waals surface area contributed by atoms with Crippen molar-refractivity contribution < 1.29 is 9.53 Å². The third-order valence-electron chi connectivity index (χ3n) is 6.25. The van der Waals surface area contributed by atoms with Crippen LogP contribution in [0.5, 0.6) is 5.75 Å². The Bertz CT molecular complexity index is 1850. The largest absolute Gasteiger partial charge is 0.489 e. The molecule has 42 heavy (non-hydrogen) atoms. The van der Waals surface area contributed by atoms with Gasteiger partial charge in [-0.25, -0.2) is 9.78 Å². The van der Waals surface area contributed by atoms with E-state index in [9.17, 15) is 4.79 Å². The molecule has 0 unspecified atom stereocenters. The average molecular weight is 556 g/mol. The highest BCUT2D eigenvalue weighted by Crippen LogP contribution is 2.21. The molecule has 0 radical (unpaired) electrons. The number of para-hydroxylation sites is 1. The number of carbonyl (C=O) groups is 1. The highest BCUT2D eigenvalue weighted by Gasteiger charge is 2.09. The summed E-state index contributed by atoms with van der Waals surface area (Å²) in [6.07, 6.45) is 5.52. The monoisotopic (exact) mass is 555 g/mol. The number of nitrogen functional groups attached to an aromatic ring is 1. The summed E-state index contributed by atoms with van der Waals surface area (Å²) in [6.45, 7) is 0.264. The molecule has 3 aromatic heterocycles.